The van der Waals surface area contributed by atoms with E-state index >= 15 is 0 Å². The molecule has 0 aliphatic carbocycles. The van der Waals surface area contributed by atoms with Gasteiger partial charge in [-0.15, -0.1) is 11.3 Å². The Morgan fingerprint density at radius 2 is 1.68 bits per heavy atom. The van der Waals surface area contributed by atoms with Gasteiger partial charge in [0, 0.05) is 15.3 Å². The zero-order chi connectivity index (χ0) is 18.1. The monoisotopic (exact) mass is 359 g/mol. The maximum atomic E-state index is 9.28. The predicted molar refractivity (Wildman–Crippen MR) is 109 cm³/mol. The molecule has 0 saturated carbocycles. The summed E-state index contributed by atoms with van der Waals surface area (Å²) in [6.07, 6.45) is 9.39. The molecule has 1 aromatic carbocycles. The Morgan fingerprint density at radius 1 is 1.00 bits per heavy atom. The van der Waals surface area contributed by atoms with Gasteiger partial charge in [0.1, 0.15) is 0 Å². The Morgan fingerprint density at radius 3 is 2.36 bits per heavy atom. The summed E-state index contributed by atoms with van der Waals surface area (Å²) in [6.45, 7) is 4.17. The lowest BCUT2D eigenvalue weighted by Gasteiger charge is -2.21. The Kier molecular flexibility index (Phi) is 8.14. The van der Waals surface area contributed by atoms with Crippen molar-refractivity contribution in [3.05, 3.63) is 57.3 Å². The zero-order valence-corrected chi connectivity index (χ0v) is 16.6. The van der Waals surface area contributed by atoms with E-state index < -0.39 is 5.54 Å². The largest absolute Gasteiger partial charge is 0.394 e. The highest BCUT2D eigenvalue weighted by molar-refractivity contribution is 7.12. The Labute approximate surface area is 157 Å². The molecule has 0 saturated heterocycles. The Hall–Kier alpha value is -1.16. The third-order valence-electron chi connectivity index (χ3n) is 4.84. The fourth-order valence-electron chi connectivity index (χ4n) is 3.07. The van der Waals surface area contributed by atoms with E-state index in [1.54, 1.807) is 0 Å². The lowest BCUT2D eigenvalue weighted by molar-refractivity contribution is 0.201. The first kappa shape index (κ1) is 20.2. The third kappa shape index (κ3) is 7.31. The topological polar surface area (TPSA) is 46.2 Å². The molecule has 1 aromatic heterocycles. The zero-order valence-electron chi connectivity index (χ0n) is 15.8. The van der Waals surface area contributed by atoms with Crippen LogP contribution in [-0.2, 0) is 19.3 Å². The van der Waals surface area contributed by atoms with Crippen molar-refractivity contribution >= 4 is 11.3 Å². The van der Waals surface area contributed by atoms with E-state index in [0.29, 0.717) is 0 Å². The Balaban J connectivity index is 1.65. The molecule has 2 aromatic rings. The summed E-state index contributed by atoms with van der Waals surface area (Å²) in [5.41, 5.74) is 8.42. The van der Waals surface area contributed by atoms with Gasteiger partial charge in [-0.2, -0.15) is 0 Å². The summed E-state index contributed by atoms with van der Waals surface area (Å²) in [5, 5.41) is 9.28. The number of benzene rings is 1. The molecule has 0 fully saturated rings. The molecule has 3 heteroatoms. The first-order valence-electron chi connectivity index (χ1n) is 9.52. The molecule has 2 nitrogen and oxygen atoms in total. The smallest absolute Gasteiger partial charge is 0.0608 e. The minimum atomic E-state index is -0.463. The maximum absolute atomic E-state index is 9.28. The van der Waals surface area contributed by atoms with Crippen molar-refractivity contribution < 1.29 is 5.11 Å². The molecule has 0 amide bonds. The molecule has 25 heavy (non-hydrogen) atoms. The number of hydrogen-bond donors (Lipinski definition) is 2. The van der Waals surface area contributed by atoms with E-state index in [2.05, 4.69) is 43.3 Å². The van der Waals surface area contributed by atoms with Crippen molar-refractivity contribution in [2.45, 2.75) is 70.8 Å². The average Bonchev–Trinajstić information content (AvgIpc) is 2.97. The van der Waals surface area contributed by atoms with Gasteiger partial charge in [-0.25, -0.2) is 0 Å². The molecule has 3 N–H and O–H groups in total. The maximum Gasteiger partial charge on any atom is 0.0608 e. The minimum absolute atomic E-state index is 0.0489. The van der Waals surface area contributed by atoms with Gasteiger partial charge < -0.3 is 10.8 Å². The highest BCUT2D eigenvalue weighted by Gasteiger charge is 2.18. The lowest BCUT2D eigenvalue weighted by Crippen LogP contribution is -2.40. The van der Waals surface area contributed by atoms with Crippen LogP contribution in [0.4, 0.5) is 0 Å². The number of aryl methyl sites for hydroxylation is 4. The van der Waals surface area contributed by atoms with E-state index in [0.717, 1.165) is 12.8 Å². The molecule has 2 rings (SSSR count). The van der Waals surface area contributed by atoms with Gasteiger partial charge in [-0.05, 0) is 69.6 Å². The van der Waals surface area contributed by atoms with Crippen molar-refractivity contribution in [3.63, 3.8) is 0 Å². The highest BCUT2D eigenvalue weighted by Crippen LogP contribution is 2.26. The normalized spacial score (nSPS) is 13.8. The number of nitrogens with two attached hydrogens (primary N) is 1. The molecule has 1 heterocycles. The van der Waals surface area contributed by atoms with Gasteiger partial charge >= 0.3 is 0 Å². The van der Waals surface area contributed by atoms with Gasteiger partial charge in [0.15, 0.2) is 0 Å². The van der Waals surface area contributed by atoms with Crippen molar-refractivity contribution in [2.75, 3.05) is 6.61 Å². The molecule has 1 unspecified atom stereocenters. The Bertz CT molecular complexity index is 618. The van der Waals surface area contributed by atoms with E-state index in [4.69, 9.17) is 5.73 Å². The second kappa shape index (κ2) is 10.1. The second-order valence-electron chi connectivity index (χ2n) is 7.53. The van der Waals surface area contributed by atoms with Crippen LogP contribution in [0.25, 0.3) is 0 Å². The first-order chi connectivity index (χ1) is 12.0. The second-order valence-corrected chi connectivity index (χ2v) is 8.75. The molecule has 138 valence electrons. The van der Waals surface area contributed by atoms with E-state index in [1.807, 2.05) is 18.3 Å². The van der Waals surface area contributed by atoms with Crippen LogP contribution in [0.2, 0.25) is 0 Å². The molecular weight excluding hydrogens is 326 g/mol. The van der Waals surface area contributed by atoms with Crippen LogP contribution in [0.3, 0.4) is 0 Å². The number of unbranched alkanes of at least 4 members (excludes halogenated alkanes) is 3. The fourth-order valence-corrected chi connectivity index (χ4v) is 4.29. The van der Waals surface area contributed by atoms with E-state index in [-0.39, 0.29) is 6.61 Å². The van der Waals surface area contributed by atoms with Gasteiger partial charge in [0.2, 0.25) is 0 Å². The van der Waals surface area contributed by atoms with Crippen LogP contribution in [-0.4, -0.2) is 17.3 Å². The van der Waals surface area contributed by atoms with E-state index in [9.17, 15) is 5.11 Å². The average molecular weight is 360 g/mol. The van der Waals surface area contributed by atoms with Crippen LogP contribution in [0.5, 0.6) is 0 Å². The van der Waals surface area contributed by atoms with Crippen molar-refractivity contribution in [1.82, 2.24) is 0 Å². The van der Waals surface area contributed by atoms with Crippen LogP contribution in [0, 0.1) is 6.92 Å². The summed E-state index contributed by atoms with van der Waals surface area (Å²) in [6, 6.07) is 13.1. The first-order valence-corrected chi connectivity index (χ1v) is 10.3. The van der Waals surface area contributed by atoms with Crippen molar-refractivity contribution in [2.24, 2.45) is 5.73 Å². The van der Waals surface area contributed by atoms with Crippen LogP contribution < -0.4 is 5.73 Å². The molecule has 0 bridgehead atoms. The van der Waals surface area contributed by atoms with Crippen LogP contribution in [0.15, 0.2) is 36.4 Å². The number of thiophene rings is 1. The standard InChI is InChI=1S/C22H33NOS/c1-18-16-20(25-21(18)14-15-22(2,23)17-24)13-9-4-3-6-10-19-11-7-5-8-12-19/h5,7-8,11-12,16,24H,3-4,6,9-10,13-15,17,23H2,1-2H3. The molecule has 0 radical (unpaired) electrons. The summed E-state index contributed by atoms with van der Waals surface area (Å²) >= 11 is 1.93. The number of hydrogen-bond acceptors (Lipinski definition) is 3. The van der Waals surface area contributed by atoms with Gasteiger partial charge in [0.05, 0.1) is 6.61 Å². The third-order valence-corrected chi connectivity index (χ3v) is 6.19. The molecular formula is C22H33NOS. The fraction of sp³-hybridized carbons (Fsp3) is 0.545. The summed E-state index contributed by atoms with van der Waals surface area (Å²) in [4.78, 5) is 2.93. The summed E-state index contributed by atoms with van der Waals surface area (Å²) in [5.74, 6) is 0. The number of aliphatic hydroxyl groups is 1. The van der Waals surface area contributed by atoms with Crippen molar-refractivity contribution in [1.29, 1.82) is 0 Å². The number of rotatable bonds is 11. The molecule has 1 atom stereocenters. The van der Waals surface area contributed by atoms with E-state index in [1.165, 1.54) is 59.4 Å². The SMILES string of the molecule is Cc1cc(CCCCCCc2ccccc2)sc1CCC(C)(N)CO. The van der Waals surface area contributed by atoms with Crippen molar-refractivity contribution in [3.8, 4) is 0 Å². The van der Waals surface area contributed by atoms with Crippen LogP contribution in [0.1, 0.15) is 59.9 Å². The summed E-state index contributed by atoms with van der Waals surface area (Å²) < 4.78 is 0. The van der Waals surface area contributed by atoms with Gasteiger partial charge in [-0.1, -0.05) is 43.2 Å². The molecule has 0 aliphatic rings. The minimum Gasteiger partial charge on any atom is -0.394 e. The number of aliphatic hydroxyl groups excluding tert-OH is 1. The molecule has 0 spiro atoms. The summed E-state index contributed by atoms with van der Waals surface area (Å²) in [7, 11) is 0. The lowest BCUT2D eigenvalue weighted by atomic mass is 9.97. The molecule has 0 aliphatic heterocycles. The van der Waals surface area contributed by atoms with Gasteiger partial charge in [-0.3, -0.25) is 0 Å². The quantitative estimate of drug-likeness (QED) is 0.552. The van der Waals surface area contributed by atoms with Crippen LogP contribution >= 0.6 is 11.3 Å². The van der Waals surface area contributed by atoms with Gasteiger partial charge in [0.25, 0.3) is 0 Å². The predicted octanol–water partition coefficient (Wildman–Crippen LogP) is 5.04. The highest BCUT2D eigenvalue weighted by atomic mass is 32.1.